The minimum Gasteiger partial charge on any atom is -0.355 e. The molecular formula is C19H19FN6O. The second-order valence-corrected chi connectivity index (χ2v) is 6.46. The van der Waals surface area contributed by atoms with Crippen molar-refractivity contribution in [3.63, 3.8) is 0 Å². The highest BCUT2D eigenvalue weighted by molar-refractivity contribution is 5.92. The first-order chi connectivity index (χ1) is 13.2. The van der Waals surface area contributed by atoms with Crippen LogP contribution in [0.2, 0.25) is 0 Å². The second kappa shape index (κ2) is 7.53. The molecule has 1 amide bonds. The first-order valence-electron chi connectivity index (χ1n) is 8.84. The summed E-state index contributed by atoms with van der Waals surface area (Å²) in [4.78, 5) is 14.5. The lowest BCUT2D eigenvalue weighted by molar-refractivity contribution is -0.120. The van der Waals surface area contributed by atoms with E-state index in [9.17, 15) is 9.18 Å². The zero-order valence-corrected chi connectivity index (χ0v) is 14.6. The third-order valence-electron chi connectivity index (χ3n) is 4.66. The quantitative estimate of drug-likeness (QED) is 0.768. The lowest BCUT2D eigenvalue weighted by Gasteiger charge is -2.31. The Balaban J connectivity index is 1.34. The molecule has 8 heteroatoms. The minimum atomic E-state index is -0.361. The maximum absolute atomic E-state index is 13.2. The van der Waals surface area contributed by atoms with Crippen molar-refractivity contribution in [2.45, 2.75) is 12.8 Å². The van der Waals surface area contributed by atoms with E-state index >= 15 is 0 Å². The van der Waals surface area contributed by atoms with Gasteiger partial charge in [0.25, 0.3) is 0 Å². The van der Waals surface area contributed by atoms with Crippen LogP contribution in [0, 0.1) is 11.7 Å². The van der Waals surface area contributed by atoms with Gasteiger partial charge in [0, 0.05) is 37.1 Å². The largest absolute Gasteiger partial charge is 0.355 e. The van der Waals surface area contributed by atoms with E-state index < -0.39 is 0 Å². The van der Waals surface area contributed by atoms with Crippen LogP contribution in [-0.2, 0) is 4.79 Å². The number of piperidine rings is 1. The molecule has 7 nitrogen and oxygen atoms in total. The molecule has 0 radical (unpaired) electrons. The molecule has 3 heterocycles. The molecule has 3 aromatic rings. The number of hydrogen-bond acceptors (Lipinski definition) is 5. The molecule has 4 rings (SSSR count). The van der Waals surface area contributed by atoms with E-state index in [0.717, 1.165) is 18.9 Å². The minimum absolute atomic E-state index is 0.0691. The highest BCUT2D eigenvalue weighted by Crippen LogP contribution is 2.23. The molecule has 138 valence electrons. The number of halogens is 1. The molecule has 1 aliphatic rings. The van der Waals surface area contributed by atoms with Crippen LogP contribution in [0.15, 0.2) is 54.9 Å². The molecule has 0 aliphatic carbocycles. The molecule has 0 spiro atoms. The molecule has 0 atom stereocenters. The Morgan fingerprint density at radius 2 is 1.85 bits per heavy atom. The van der Waals surface area contributed by atoms with Crippen LogP contribution in [0.1, 0.15) is 12.8 Å². The third kappa shape index (κ3) is 3.94. The molecule has 2 aromatic heterocycles. The Morgan fingerprint density at radius 1 is 1.07 bits per heavy atom. The average Bonchev–Trinajstić information content (AvgIpc) is 3.23. The third-order valence-corrected chi connectivity index (χ3v) is 4.66. The Hall–Kier alpha value is -3.29. The summed E-state index contributed by atoms with van der Waals surface area (Å²) < 4.78 is 14.9. The number of rotatable bonds is 4. The Bertz CT molecular complexity index is 904. The fourth-order valence-corrected chi connectivity index (χ4v) is 3.19. The number of nitrogens with one attached hydrogen (secondary N) is 1. The highest BCUT2D eigenvalue weighted by Gasteiger charge is 2.26. The highest BCUT2D eigenvalue weighted by atomic mass is 19.1. The van der Waals surface area contributed by atoms with E-state index in [-0.39, 0.29) is 17.6 Å². The molecular weight excluding hydrogens is 347 g/mol. The zero-order chi connectivity index (χ0) is 18.6. The van der Waals surface area contributed by atoms with Crippen molar-refractivity contribution in [2.75, 3.05) is 23.3 Å². The van der Waals surface area contributed by atoms with Crippen LogP contribution >= 0.6 is 0 Å². The van der Waals surface area contributed by atoms with Gasteiger partial charge < -0.3 is 10.2 Å². The molecule has 27 heavy (non-hydrogen) atoms. The average molecular weight is 366 g/mol. The van der Waals surface area contributed by atoms with Crippen LogP contribution in [0.25, 0.3) is 5.82 Å². The Kier molecular flexibility index (Phi) is 4.78. The number of carbonyl (C=O) groups excluding carboxylic acids is 1. The van der Waals surface area contributed by atoms with Gasteiger partial charge in [0.1, 0.15) is 5.82 Å². The number of nitrogens with zero attached hydrogens (tertiary/aromatic N) is 5. The number of amides is 1. The van der Waals surface area contributed by atoms with E-state index in [1.807, 2.05) is 24.4 Å². The number of carbonyl (C=O) groups is 1. The number of hydrogen-bond donors (Lipinski definition) is 1. The fourth-order valence-electron chi connectivity index (χ4n) is 3.19. The van der Waals surface area contributed by atoms with Gasteiger partial charge in [-0.1, -0.05) is 6.07 Å². The zero-order valence-electron chi connectivity index (χ0n) is 14.6. The SMILES string of the molecule is O=C(Nc1cccc(F)c1)C1CCN(c2ccc(-n3cccn3)nn2)CC1. The summed E-state index contributed by atoms with van der Waals surface area (Å²) >= 11 is 0. The summed E-state index contributed by atoms with van der Waals surface area (Å²) in [5, 5.41) is 15.4. The molecule has 1 aromatic carbocycles. The Morgan fingerprint density at radius 3 is 2.52 bits per heavy atom. The number of benzene rings is 1. The van der Waals surface area contributed by atoms with Crippen LogP contribution < -0.4 is 10.2 Å². The van der Waals surface area contributed by atoms with E-state index in [2.05, 4.69) is 25.5 Å². The van der Waals surface area contributed by atoms with Gasteiger partial charge in [-0.25, -0.2) is 9.07 Å². The van der Waals surface area contributed by atoms with Crippen molar-refractivity contribution in [1.82, 2.24) is 20.0 Å². The van der Waals surface area contributed by atoms with Crippen LogP contribution in [0.5, 0.6) is 0 Å². The predicted molar refractivity (Wildman–Crippen MR) is 99.1 cm³/mol. The van der Waals surface area contributed by atoms with Crippen molar-refractivity contribution in [3.8, 4) is 5.82 Å². The molecule has 0 saturated carbocycles. The summed E-state index contributed by atoms with van der Waals surface area (Å²) in [6.45, 7) is 1.44. The van der Waals surface area contributed by atoms with Gasteiger partial charge in [-0.3, -0.25) is 4.79 Å². The van der Waals surface area contributed by atoms with Gasteiger partial charge in [-0.05, 0) is 49.2 Å². The fraction of sp³-hybridized carbons (Fsp3) is 0.263. The summed E-state index contributed by atoms with van der Waals surface area (Å²) in [5.41, 5.74) is 0.488. The number of anilines is 2. The van der Waals surface area contributed by atoms with Crippen LogP contribution in [0.4, 0.5) is 15.9 Å². The van der Waals surface area contributed by atoms with Crippen LogP contribution in [0.3, 0.4) is 0 Å². The maximum atomic E-state index is 13.2. The van der Waals surface area contributed by atoms with E-state index in [4.69, 9.17) is 0 Å². The van der Waals surface area contributed by atoms with Crippen molar-refractivity contribution in [3.05, 3.63) is 60.7 Å². The lowest BCUT2D eigenvalue weighted by Crippen LogP contribution is -2.38. The maximum Gasteiger partial charge on any atom is 0.227 e. The van der Waals surface area contributed by atoms with Gasteiger partial charge in [-0.2, -0.15) is 5.10 Å². The topological polar surface area (TPSA) is 75.9 Å². The van der Waals surface area contributed by atoms with Gasteiger partial charge in [0.15, 0.2) is 11.6 Å². The molecule has 0 bridgehead atoms. The molecule has 0 unspecified atom stereocenters. The van der Waals surface area contributed by atoms with E-state index in [1.165, 1.54) is 12.1 Å². The van der Waals surface area contributed by atoms with Crippen molar-refractivity contribution in [2.24, 2.45) is 5.92 Å². The normalized spacial score (nSPS) is 14.9. The van der Waals surface area contributed by atoms with Crippen molar-refractivity contribution >= 4 is 17.4 Å². The molecule has 1 aliphatic heterocycles. The van der Waals surface area contributed by atoms with E-state index in [1.54, 1.807) is 23.0 Å². The smallest absolute Gasteiger partial charge is 0.227 e. The molecule has 1 saturated heterocycles. The van der Waals surface area contributed by atoms with Gasteiger partial charge in [0.2, 0.25) is 5.91 Å². The monoisotopic (exact) mass is 366 g/mol. The summed E-state index contributed by atoms with van der Waals surface area (Å²) in [7, 11) is 0. The second-order valence-electron chi connectivity index (χ2n) is 6.46. The predicted octanol–water partition coefficient (Wildman–Crippen LogP) is 2.66. The molecule has 1 N–H and O–H groups in total. The Labute approximate surface area is 155 Å². The molecule has 1 fully saturated rings. The standard InChI is InChI=1S/C19H19FN6O/c20-15-3-1-4-16(13-15)22-19(27)14-7-11-25(12-8-14)17-5-6-18(24-23-17)26-10-2-9-21-26/h1-6,9-10,13-14H,7-8,11-12H2,(H,22,27). The van der Waals surface area contributed by atoms with E-state index in [0.29, 0.717) is 24.3 Å². The summed E-state index contributed by atoms with van der Waals surface area (Å²) in [6.07, 6.45) is 4.93. The first-order valence-corrected chi connectivity index (χ1v) is 8.84. The van der Waals surface area contributed by atoms with Crippen molar-refractivity contribution < 1.29 is 9.18 Å². The van der Waals surface area contributed by atoms with Crippen LogP contribution in [-0.4, -0.2) is 39.0 Å². The summed E-state index contributed by atoms with van der Waals surface area (Å²) in [5.74, 6) is 0.920. The van der Waals surface area contributed by atoms with Gasteiger partial charge in [-0.15, -0.1) is 10.2 Å². The first kappa shape index (κ1) is 17.1. The van der Waals surface area contributed by atoms with Gasteiger partial charge >= 0.3 is 0 Å². The van der Waals surface area contributed by atoms with Crippen molar-refractivity contribution in [1.29, 1.82) is 0 Å². The van der Waals surface area contributed by atoms with Gasteiger partial charge in [0.05, 0.1) is 0 Å². The number of aromatic nitrogens is 4. The summed E-state index contributed by atoms with van der Waals surface area (Å²) in [6, 6.07) is 11.6. The lowest BCUT2D eigenvalue weighted by atomic mass is 9.96.